The van der Waals surface area contributed by atoms with E-state index in [4.69, 9.17) is 4.74 Å². The number of esters is 1. The van der Waals surface area contributed by atoms with Crippen LogP contribution in [0.2, 0.25) is 0 Å². The SMILES string of the molecule is COC(=O)CC(NCC(C)O)C(O)c1ccc(OC)cc1. The lowest BCUT2D eigenvalue weighted by Crippen LogP contribution is -2.40. The van der Waals surface area contributed by atoms with Crippen molar-refractivity contribution in [2.75, 3.05) is 20.8 Å². The van der Waals surface area contributed by atoms with Gasteiger partial charge in [0.25, 0.3) is 0 Å². The molecule has 3 atom stereocenters. The first-order chi connectivity index (χ1) is 9.97. The summed E-state index contributed by atoms with van der Waals surface area (Å²) in [5, 5.41) is 22.7. The number of aliphatic hydroxyl groups excluding tert-OH is 2. The highest BCUT2D eigenvalue weighted by molar-refractivity contribution is 5.70. The third-order valence-electron chi connectivity index (χ3n) is 3.13. The van der Waals surface area contributed by atoms with Crippen LogP contribution in [0.1, 0.15) is 25.0 Å². The van der Waals surface area contributed by atoms with Gasteiger partial charge in [0.15, 0.2) is 0 Å². The number of rotatable bonds is 8. The Kier molecular flexibility index (Phi) is 7.14. The Bertz CT molecular complexity index is 432. The van der Waals surface area contributed by atoms with E-state index >= 15 is 0 Å². The van der Waals surface area contributed by atoms with Gasteiger partial charge in [0.05, 0.1) is 32.8 Å². The number of carbonyl (C=O) groups is 1. The Morgan fingerprint density at radius 2 is 1.86 bits per heavy atom. The monoisotopic (exact) mass is 297 g/mol. The Balaban J connectivity index is 2.80. The fourth-order valence-electron chi connectivity index (χ4n) is 1.91. The molecular weight excluding hydrogens is 274 g/mol. The van der Waals surface area contributed by atoms with E-state index in [2.05, 4.69) is 10.1 Å². The van der Waals surface area contributed by atoms with Gasteiger partial charge in [0, 0.05) is 12.6 Å². The molecule has 1 rings (SSSR count). The van der Waals surface area contributed by atoms with Crippen LogP contribution in [0.15, 0.2) is 24.3 Å². The second-order valence-corrected chi connectivity index (χ2v) is 4.86. The lowest BCUT2D eigenvalue weighted by atomic mass is 9.99. The van der Waals surface area contributed by atoms with Crippen LogP contribution in [0.4, 0.5) is 0 Å². The van der Waals surface area contributed by atoms with Crippen molar-refractivity contribution in [2.45, 2.75) is 31.6 Å². The van der Waals surface area contributed by atoms with Crippen LogP contribution < -0.4 is 10.1 Å². The van der Waals surface area contributed by atoms with Crippen molar-refractivity contribution in [3.63, 3.8) is 0 Å². The number of hydrogen-bond donors (Lipinski definition) is 3. The van der Waals surface area contributed by atoms with E-state index in [0.29, 0.717) is 11.3 Å². The maximum Gasteiger partial charge on any atom is 0.307 e. The summed E-state index contributed by atoms with van der Waals surface area (Å²) >= 11 is 0. The first-order valence-electron chi connectivity index (χ1n) is 6.78. The minimum absolute atomic E-state index is 0.0103. The summed E-state index contributed by atoms with van der Waals surface area (Å²) < 4.78 is 9.70. The van der Waals surface area contributed by atoms with Crippen LogP contribution in [0.3, 0.4) is 0 Å². The van der Waals surface area contributed by atoms with Crippen LogP contribution >= 0.6 is 0 Å². The van der Waals surface area contributed by atoms with Crippen molar-refractivity contribution in [2.24, 2.45) is 0 Å². The molecular formula is C15H23NO5. The number of ether oxygens (including phenoxy) is 2. The van der Waals surface area contributed by atoms with Crippen LogP contribution in [-0.2, 0) is 9.53 Å². The van der Waals surface area contributed by atoms with Gasteiger partial charge in [-0.25, -0.2) is 0 Å². The molecule has 3 unspecified atom stereocenters. The van der Waals surface area contributed by atoms with E-state index in [1.165, 1.54) is 7.11 Å². The van der Waals surface area contributed by atoms with Crippen molar-refractivity contribution in [3.05, 3.63) is 29.8 Å². The van der Waals surface area contributed by atoms with Crippen LogP contribution in [-0.4, -0.2) is 49.1 Å². The second kappa shape index (κ2) is 8.61. The van der Waals surface area contributed by atoms with Crippen molar-refractivity contribution >= 4 is 5.97 Å². The van der Waals surface area contributed by atoms with E-state index in [-0.39, 0.29) is 13.0 Å². The zero-order valence-corrected chi connectivity index (χ0v) is 12.6. The number of hydrogen-bond acceptors (Lipinski definition) is 6. The van der Waals surface area contributed by atoms with Gasteiger partial charge in [0.2, 0.25) is 0 Å². The van der Waals surface area contributed by atoms with Crippen molar-refractivity contribution < 1.29 is 24.5 Å². The summed E-state index contributed by atoms with van der Waals surface area (Å²) in [6.07, 6.45) is -1.46. The Morgan fingerprint density at radius 1 is 1.24 bits per heavy atom. The predicted octanol–water partition coefficient (Wildman–Crippen LogP) is 0.631. The van der Waals surface area contributed by atoms with E-state index in [9.17, 15) is 15.0 Å². The first kappa shape index (κ1) is 17.4. The highest BCUT2D eigenvalue weighted by atomic mass is 16.5. The molecule has 0 aliphatic carbocycles. The van der Waals surface area contributed by atoms with Gasteiger partial charge in [-0.3, -0.25) is 4.79 Å². The highest BCUT2D eigenvalue weighted by Crippen LogP contribution is 2.22. The number of carbonyl (C=O) groups excluding carboxylic acids is 1. The largest absolute Gasteiger partial charge is 0.497 e. The van der Waals surface area contributed by atoms with Crippen molar-refractivity contribution in [1.29, 1.82) is 0 Å². The zero-order chi connectivity index (χ0) is 15.8. The molecule has 0 radical (unpaired) electrons. The molecule has 0 spiro atoms. The maximum atomic E-state index is 11.4. The number of nitrogens with one attached hydrogen (secondary N) is 1. The summed E-state index contributed by atoms with van der Waals surface area (Å²) in [5.41, 5.74) is 0.655. The van der Waals surface area contributed by atoms with E-state index in [1.54, 1.807) is 38.3 Å². The molecule has 0 aliphatic heterocycles. The third-order valence-corrected chi connectivity index (χ3v) is 3.13. The number of benzene rings is 1. The minimum atomic E-state index is -0.895. The lowest BCUT2D eigenvalue weighted by molar-refractivity contribution is -0.142. The Labute approximate surface area is 124 Å². The second-order valence-electron chi connectivity index (χ2n) is 4.86. The topological polar surface area (TPSA) is 88.0 Å². The average Bonchev–Trinajstić information content (AvgIpc) is 2.50. The molecule has 3 N–H and O–H groups in total. The molecule has 0 heterocycles. The highest BCUT2D eigenvalue weighted by Gasteiger charge is 2.24. The molecule has 118 valence electrons. The standard InChI is InChI=1S/C15H23NO5/c1-10(17)9-16-13(8-14(18)21-3)15(19)11-4-6-12(20-2)7-5-11/h4-7,10,13,15-17,19H,8-9H2,1-3H3. The lowest BCUT2D eigenvalue weighted by Gasteiger charge is -2.24. The molecule has 0 aromatic heterocycles. The average molecular weight is 297 g/mol. The first-order valence-corrected chi connectivity index (χ1v) is 6.78. The fraction of sp³-hybridized carbons (Fsp3) is 0.533. The van der Waals surface area contributed by atoms with Crippen LogP contribution in [0.25, 0.3) is 0 Å². The minimum Gasteiger partial charge on any atom is -0.497 e. The molecule has 1 aromatic carbocycles. The predicted molar refractivity (Wildman–Crippen MR) is 78.1 cm³/mol. The summed E-state index contributed by atoms with van der Waals surface area (Å²) in [7, 11) is 2.86. The van der Waals surface area contributed by atoms with E-state index in [1.807, 2.05) is 0 Å². The smallest absolute Gasteiger partial charge is 0.307 e. The molecule has 21 heavy (non-hydrogen) atoms. The molecule has 0 saturated heterocycles. The quantitative estimate of drug-likeness (QED) is 0.610. The normalized spacial score (nSPS) is 15.1. The zero-order valence-electron chi connectivity index (χ0n) is 12.6. The summed E-state index contributed by atoms with van der Waals surface area (Å²) in [6, 6.07) is 6.40. The van der Waals surface area contributed by atoms with Crippen LogP contribution in [0.5, 0.6) is 5.75 Å². The van der Waals surface area contributed by atoms with E-state index < -0.39 is 24.2 Å². The number of aliphatic hydroxyl groups is 2. The van der Waals surface area contributed by atoms with Crippen LogP contribution in [0, 0.1) is 0 Å². The van der Waals surface area contributed by atoms with Gasteiger partial charge in [-0.15, -0.1) is 0 Å². The molecule has 0 aliphatic rings. The summed E-state index contributed by atoms with van der Waals surface area (Å²) in [4.78, 5) is 11.4. The molecule has 0 saturated carbocycles. The fourth-order valence-corrected chi connectivity index (χ4v) is 1.91. The maximum absolute atomic E-state index is 11.4. The Morgan fingerprint density at radius 3 is 2.33 bits per heavy atom. The van der Waals surface area contributed by atoms with Gasteiger partial charge in [-0.1, -0.05) is 12.1 Å². The summed E-state index contributed by atoms with van der Waals surface area (Å²) in [6.45, 7) is 1.90. The van der Waals surface area contributed by atoms with Gasteiger partial charge in [-0.05, 0) is 24.6 Å². The molecule has 0 fully saturated rings. The summed E-state index contributed by atoms with van der Waals surface area (Å²) in [5.74, 6) is 0.262. The van der Waals surface area contributed by atoms with Gasteiger partial charge in [0.1, 0.15) is 5.75 Å². The molecule has 6 heteroatoms. The van der Waals surface area contributed by atoms with Crippen molar-refractivity contribution in [1.82, 2.24) is 5.32 Å². The molecule has 0 amide bonds. The molecule has 1 aromatic rings. The third kappa shape index (κ3) is 5.71. The molecule has 0 bridgehead atoms. The van der Waals surface area contributed by atoms with Crippen molar-refractivity contribution in [3.8, 4) is 5.75 Å². The van der Waals surface area contributed by atoms with Gasteiger partial charge < -0.3 is 25.0 Å². The van der Waals surface area contributed by atoms with Gasteiger partial charge >= 0.3 is 5.97 Å². The Hall–Kier alpha value is -1.63. The number of methoxy groups -OCH3 is 2. The van der Waals surface area contributed by atoms with Gasteiger partial charge in [-0.2, -0.15) is 0 Å². The van der Waals surface area contributed by atoms with E-state index in [0.717, 1.165) is 0 Å². The molecule has 6 nitrogen and oxygen atoms in total.